The van der Waals surface area contributed by atoms with E-state index in [0.717, 1.165) is 6.29 Å². The highest BCUT2D eigenvalue weighted by atomic mass is 16.1. The van der Waals surface area contributed by atoms with E-state index in [1.807, 2.05) is 6.92 Å². The lowest BCUT2D eigenvalue weighted by atomic mass is 9.78. The molecule has 0 unspecified atom stereocenters. The zero-order chi connectivity index (χ0) is 9.45. The highest BCUT2D eigenvalue weighted by molar-refractivity contribution is 5.48. The molecule has 1 heteroatoms. The van der Waals surface area contributed by atoms with Crippen LogP contribution in [0.15, 0.2) is 0 Å². The fourth-order valence-electron chi connectivity index (χ4n) is 1.51. The minimum absolute atomic E-state index is 0.639. The molecule has 0 aromatic carbocycles. The fraction of sp³-hybridized carbons (Fsp3) is 0.909. The highest BCUT2D eigenvalue weighted by Crippen LogP contribution is 2.34. The molecule has 1 saturated carbocycles. The maximum absolute atomic E-state index is 9.17. The van der Waals surface area contributed by atoms with Crippen LogP contribution in [-0.2, 0) is 4.79 Å². The summed E-state index contributed by atoms with van der Waals surface area (Å²) in [5, 5.41) is 0. The van der Waals surface area contributed by atoms with E-state index in [-0.39, 0.29) is 0 Å². The van der Waals surface area contributed by atoms with Gasteiger partial charge in [0.25, 0.3) is 0 Å². The summed E-state index contributed by atoms with van der Waals surface area (Å²) in [6.07, 6.45) is 8.82. The SMILES string of the molecule is CC1(C)CCCCC1.CCC=O. The van der Waals surface area contributed by atoms with E-state index in [1.54, 1.807) is 0 Å². The minimum atomic E-state index is 0.639. The molecular weight excluding hydrogens is 148 g/mol. The number of carbonyl (C=O) groups is 1. The number of rotatable bonds is 1. The fourth-order valence-corrected chi connectivity index (χ4v) is 1.51. The molecule has 1 aliphatic carbocycles. The second kappa shape index (κ2) is 6.22. The predicted octanol–water partition coefficient (Wildman–Crippen LogP) is 3.57. The summed E-state index contributed by atoms with van der Waals surface area (Å²) in [6.45, 7) is 6.57. The topological polar surface area (TPSA) is 17.1 Å². The molecule has 1 nitrogen and oxygen atoms in total. The molecule has 0 heterocycles. The molecule has 1 fully saturated rings. The Morgan fingerprint density at radius 2 is 1.58 bits per heavy atom. The number of carbonyl (C=O) groups excluding carboxylic acids is 1. The lowest BCUT2D eigenvalue weighted by Gasteiger charge is -2.28. The van der Waals surface area contributed by atoms with Crippen molar-refractivity contribution in [3.8, 4) is 0 Å². The van der Waals surface area contributed by atoms with Gasteiger partial charge < -0.3 is 4.79 Å². The van der Waals surface area contributed by atoms with Crippen molar-refractivity contribution in [1.82, 2.24) is 0 Å². The van der Waals surface area contributed by atoms with E-state index in [4.69, 9.17) is 0 Å². The molecule has 0 aromatic rings. The summed E-state index contributed by atoms with van der Waals surface area (Å²) in [7, 11) is 0. The minimum Gasteiger partial charge on any atom is -0.303 e. The summed E-state index contributed by atoms with van der Waals surface area (Å²) in [4.78, 5) is 9.17. The molecule has 1 aliphatic rings. The van der Waals surface area contributed by atoms with E-state index in [1.165, 1.54) is 32.1 Å². The first-order chi connectivity index (χ1) is 5.62. The largest absolute Gasteiger partial charge is 0.303 e. The molecule has 0 atom stereocenters. The van der Waals surface area contributed by atoms with E-state index in [9.17, 15) is 4.79 Å². The molecular formula is C11H22O. The molecule has 0 bridgehead atoms. The van der Waals surface area contributed by atoms with Crippen molar-refractivity contribution in [2.45, 2.75) is 59.3 Å². The molecule has 0 saturated heterocycles. The third-order valence-electron chi connectivity index (χ3n) is 2.37. The van der Waals surface area contributed by atoms with E-state index < -0.39 is 0 Å². The van der Waals surface area contributed by atoms with Crippen LogP contribution in [-0.4, -0.2) is 6.29 Å². The van der Waals surface area contributed by atoms with Crippen molar-refractivity contribution < 1.29 is 4.79 Å². The molecule has 0 N–H and O–H groups in total. The van der Waals surface area contributed by atoms with Gasteiger partial charge >= 0.3 is 0 Å². The first-order valence-electron chi connectivity index (χ1n) is 5.06. The maximum Gasteiger partial charge on any atom is 0.119 e. The summed E-state index contributed by atoms with van der Waals surface area (Å²) < 4.78 is 0. The smallest absolute Gasteiger partial charge is 0.119 e. The standard InChI is InChI=1S/C8H16.C3H6O/c1-8(2)6-4-3-5-7-8;1-2-3-4/h3-7H2,1-2H3;3H,2H2,1H3. The number of hydrogen-bond donors (Lipinski definition) is 0. The maximum atomic E-state index is 9.17. The van der Waals surface area contributed by atoms with E-state index in [0.29, 0.717) is 11.8 Å². The van der Waals surface area contributed by atoms with Gasteiger partial charge in [0, 0.05) is 6.42 Å². The van der Waals surface area contributed by atoms with Gasteiger partial charge in [0.2, 0.25) is 0 Å². The summed E-state index contributed by atoms with van der Waals surface area (Å²) in [6, 6.07) is 0. The van der Waals surface area contributed by atoms with Crippen LogP contribution in [0.1, 0.15) is 59.3 Å². The molecule has 72 valence electrons. The van der Waals surface area contributed by atoms with Gasteiger partial charge in [0.15, 0.2) is 0 Å². The van der Waals surface area contributed by atoms with Crippen LogP contribution >= 0.6 is 0 Å². The van der Waals surface area contributed by atoms with Gasteiger partial charge in [-0.2, -0.15) is 0 Å². The van der Waals surface area contributed by atoms with Gasteiger partial charge in [0.1, 0.15) is 6.29 Å². The molecule has 0 amide bonds. The van der Waals surface area contributed by atoms with Crippen LogP contribution in [0.3, 0.4) is 0 Å². The van der Waals surface area contributed by atoms with Crippen molar-refractivity contribution in [3.05, 3.63) is 0 Å². The molecule has 12 heavy (non-hydrogen) atoms. The zero-order valence-electron chi connectivity index (χ0n) is 8.73. The van der Waals surface area contributed by atoms with E-state index in [2.05, 4.69) is 13.8 Å². The third-order valence-corrected chi connectivity index (χ3v) is 2.37. The summed E-state index contributed by atoms with van der Waals surface area (Å²) in [5.74, 6) is 0. The number of hydrogen-bond acceptors (Lipinski definition) is 1. The molecule has 1 rings (SSSR count). The second-order valence-electron chi connectivity index (χ2n) is 4.30. The van der Waals surface area contributed by atoms with Gasteiger partial charge in [-0.1, -0.05) is 40.0 Å². The Morgan fingerprint density at radius 1 is 1.17 bits per heavy atom. The second-order valence-corrected chi connectivity index (χ2v) is 4.30. The zero-order valence-corrected chi connectivity index (χ0v) is 8.73. The average molecular weight is 170 g/mol. The summed E-state index contributed by atoms with van der Waals surface area (Å²) >= 11 is 0. The van der Waals surface area contributed by atoms with Crippen molar-refractivity contribution >= 4 is 6.29 Å². The van der Waals surface area contributed by atoms with Gasteiger partial charge in [-0.15, -0.1) is 0 Å². The van der Waals surface area contributed by atoms with Crippen molar-refractivity contribution in [2.75, 3.05) is 0 Å². The monoisotopic (exact) mass is 170 g/mol. The third kappa shape index (κ3) is 6.38. The van der Waals surface area contributed by atoms with Crippen LogP contribution in [0.25, 0.3) is 0 Å². The molecule has 0 aromatic heterocycles. The van der Waals surface area contributed by atoms with Crippen LogP contribution in [0.2, 0.25) is 0 Å². The van der Waals surface area contributed by atoms with Crippen LogP contribution < -0.4 is 0 Å². The van der Waals surface area contributed by atoms with Crippen molar-refractivity contribution in [3.63, 3.8) is 0 Å². The average Bonchev–Trinajstić information content (AvgIpc) is 2.05. The van der Waals surface area contributed by atoms with Gasteiger partial charge in [-0.05, 0) is 18.3 Å². The predicted molar refractivity (Wildman–Crippen MR) is 53.2 cm³/mol. The quantitative estimate of drug-likeness (QED) is 0.550. The number of aldehydes is 1. The van der Waals surface area contributed by atoms with Crippen LogP contribution in [0.5, 0.6) is 0 Å². The molecule has 0 spiro atoms. The van der Waals surface area contributed by atoms with Gasteiger partial charge in [0.05, 0.1) is 0 Å². The van der Waals surface area contributed by atoms with E-state index >= 15 is 0 Å². The first kappa shape index (κ1) is 11.7. The molecule has 0 aliphatic heterocycles. The lowest BCUT2D eigenvalue weighted by Crippen LogP contribution is -2.14. The lowest BCUT2D eigenvalue weighted by molar-refractivity contribution is -0.107. The first-order valence-corrected chi connectivity index (χ1v) is 5.06. The highest BCUT2D eigenvalue weighted by Gasteiger charge is 2.19. The van der Waals surface area contributed by atoms with Crippen molar-refractivity contribution in [2.24, 2.45) is 5.41 Å². The Kier molecular flexibility index (Phi) is 6.04. The van der Waals surface area contributed by atoms with Crippen molar-refractivity contribution in [1.29, 1.82) is 0 Å². The Hall–Kier alpha value is -0.330. The Bertz CT molecular complexity index is 108. The molecule has 0 radical (unpaired) electrons. The Balaban J connectivity index is 0.000000261. The normalized spacial score (nSPS) is 20.6. The Morgan fingerprint density at radius 3 is 1.75 bits per heavy atom. The summed E-state index contributed by atoms with van der Waals surface area (Å²) in [5.41, 5.74) is 0.679. The van der Waals surface area contributed by atoms with Crippen LogP contribution in [0, 0.1) is 5.41 Å². The Labute approximate surface area is 76.6 Å². The van der Waals surface area contributed by atoms with Gasteiger partial charge in [-0.3, -0.25) is 0 Å². The van der Waals surface area contributed by atoms with Crippen LogP contribution in [0.4, 0.5) is 0 Å². The van der Waals surface area contributed by atoms with Gasteiger partial charge in [-0.25, -0.2) is 0 Å².